The lowest BCUT2D eigenvalue weighted by Crippen LogP contribution is -2.47. The molecule has 0 amide bonds. The first kappa shape index (κ1) is 9.59. The fraction of sp³-hybridized carbons (Fsp3) is 0.857. The third-order valence-corrected chi connectivity index (χ3v) is 1.72. The van der Waals surface area contributed by atoms with E-state index in [-0.39, 0.29) is 6.04 Å². The molecule has 60 valence electrons. The number of rotatable bonds is 4. The average molecular weight is 145 g/mol. The second-order valence-electron chi connectivity index (χ2n) is 2.71. The third-order valence-electron chi connectivity index (χ3n) is 1.72. The van der Waals surface area contributed by atoms with E-state index in [9.17, 15) is 4.79 Å². The first-order valence-corrected chi connectivity index (χ1v) is 3.26. The zero-order chi connectivity index (χ0) is 8.20. The summed E-state index contributed by atoms with van der Waals surface area (Å²) >= 11 is 0. The zero-order valence-electron chi connectivity index (χ0n) is 6.97. The molecule has 0 fully saturated rings. The number of ether oxygens (including phenoxy) is 1. The first-order chi connectivity index (χ1) is 4.58. The Bertz CT molecular complexity index is 112. The molecule has 0 spiro atoms. The molecular formula is C7H15NO2. The largest absolute Gasteiger partial charge is 0.377 e. The fourth-order valence-corrected chi connectivity index (χ4v) is 0.706. The summed E-state index contributed by atoms with van der Waals surface area (Å²) in [5.74, 6) is 0. The lowest BCUT2D eigenvalue weighted by atomic mass is 10.0. The SMILES string of the molecule is CNC(C=O)C(C)(C)OC. The molecule has 0 radical (unpaired) electrons. The van der Waals surface area contributed by atoms with E-state index < -0.39 is 5.60 Å². The van der Waals surface area contributed by atoms with Gasteiger partial charge in [-0.05, 0) is 20.9 Å². The molecular weight excluding hydrogens is 130 g/mol. The van der Waals surface area contributed by atoms with Crippen LogP contribution in [0.1, 0.15) is 13.8 Å². The van der Waals surface area contributed by atoms with Crippen molar-refractivity contribution in [3.8, 4) is 0 Å². The van der Waals surface area contributed by atoms with Gasteiger partial charge >= 0.3 is 0 Å². The van der Waals surface area contributed by atoms with Gasteiger partial charge < -0.3 is 14.8 Å². The minimum atomic E-state index is -0.420. The lowest BCUT2D eigenvalue weighted by molar-refractivity contribution is -0.116. The lowest BCUT2D eigenvalue weighted by Gasteiger charge is -2.28. The van der Waals surface area contributed by atoms with Gasteiger partial charge in [0, 0.05) is 7.11 Å². The monoisotopic (exact) mass is 145 g/mol. The Kier molecular flexibility index (Phi) is 3.53. The Labute approximate surface area is 61.8 Å². The summed E-state index contributed by atoms with van der Waals surface area (Å²) in [7, 11) is 3.33. The van der Waals surface area contributed by atoms with Crippen LogP contribution < -0.4 is 5.32 Å². The van der Waals surface area contributed by atoms with Crippen LogP contribution in [-0.4, -0.2) is 32.1 Å². The second-order valence-corrected chi connectivity index (χ2v) is 2.71. The van der Waals surface area contributed by atoms with E-state index in [1.165, 1.54) is 0 Å². The smallest absolute Gasteiger partial charge is 0.139 e. The van der Waals surface area contributed by atoms with Gasteiger partial charge in [-0.15, -0.1) is 0 Å². The van der Waals surface area contributed by atoms with Crippen molar-refractivity contribution >= 4 is 6.29 Å². The minimum absolute atomic E-state index is 0.238. The molecule has 3 nitrogen and oxygen atoms in total. The van der Waals surface area contributed by atoms with Crippen LogP contribution in [0.3, 0.4) is 0 Å². The van der Waals surface area contributed by atoms with Crippen LogP contribution in [0, 0.1) is 0 Å². The number of nitrogens with one attached hydrogen (secondary N) is 1. The molecule has 0 saturated heterocycles. The fourth-order valence-electron chi connectivity index (χ4n) is 0.706. The molecule has 0 bridgehead atoms. The molecule has 0 aliphatic rings. The predicted molar refractivity (Wildman–Crippen MR) is 40.0 cm³/mol. The highest BCUT2D eigenvalue weighted by molar-refractivity contribution is 5.59. The molecule has 1 unspecified atom stereocenters. The quantitative estimate of drug-likeness (QED) is 0.574. The van der Waals surface area contributed by atoms with Gasteiger partial charge in [-0.1, -0.05) is 0 Å². The van der Waals surface area contributed by atoms with Gasteiger partial charge in [0.15, 0.2) is 0 Å². The maximum Gasteiger partial charge on any atom is 0.139 e. The van der Waals surface area contributed by atoms with Crippen molar-refractivity contribution < 1.29 is 9.53 Å². The predicted octanol–water partition coefficient (Wildman–Crippen LogP) is 0.198. The van der Waals surface area contributed by atoms with Crippen molar-refractivity contribution in [3.05, 3.63) is 0 Å². The highest BCUT2D eigenvalue weighted by atomic mass is 16.5. The molecule has 0 aromatic rings. The van der Waals surface area contributed by atoms with Gasteiger partial charge in [0.1, 0.15) is 6.29 Å². The number of aldehydes is 1. The highest BCUT2D eigenvalue weighted by Gasteiger charge is 2.26. The molecule has 1 atom stereocenters. The van der Waals surface area contributed by atoms with Crippen LogP contribution in [0.25, 0.3) is 0 Å². The molecule has 0 heterocycles. The second kappa shape index (κ2) is 3.68. The van der Waals surface area contributed by atoms with Crippen LogP contribution in [0.4, 0.5) is 0 Å². The van der Waals surface area contributed by atoms with E-state index >= 15 is 0 Å². The van der Waals surface area contributed by atoms with E-state index in [4.69, 9.17) is 4.74 Å². The van der Waals surface area contributed by atoms with Crippen LogP contribution >= 0.6 is 0 Å². The number of carbonyl (C=O) groups excluding carboxylic acids is 1. The van der Waals surface area contributed by atoms with Crippen molar-refractivity contribution in [2.24, 2.45) is 0 Å². The van der Waals surface area contributed by atoms with Gasteiger partial charge in [-0.25, -0.2) is 0 Å². The van der Waals surface area contributed by atoms with E-state index in [1.807, 2.05) is 13.8 Å². The number of hydrogen-bond acceptors (Lipinski definition) is 3. The highest BCUT2D eigenvalue weighted by Crippen LogP contribution is 2.10. The summed E-state index contributed by atoms with van der Waals surface area (Å²) in [5.41, 5.74) is -0.420. The number of likely N-dealkylation sites (N-methyl/N-ethyl adjacent to an activating group) is 1. The molecule has 0 saturated carbocycles. The van der Waals surface area contributed by atoms with Crippen LogP contribution in [0.15, 0.2) is 0 Å². The first-order valence-electron chi connectivity index (χ1n) is 3.26. The molecule has 3 heteroatoms. The van der Waals surface area contributed by atoms with Gasteiger partial charge in [0.05, 0.1) is 11.6 Å². The van der Waals surface area contributed by atoms with Gasteiger partial charge in [0.25, 0.3) is 0 Å². The van der Waals surface area contributed by atoms with E-state index in [0.717, 1.165) is 6.29 Å². The van der Waals surface area contributed by atoms with E-state index in [0.29, 0.717) is 0 Å². The average Bonchev–Trinajstić information content (AvgIpc) is 1.90. The standard InChI is InChI=1S/C7H15NO2/c1-7(2,10-4)6(5-9)8-3/h5-6,8H,1-4H3. The van der Waals surface area contributed by atoms with Crippen molar-refractivity contribution in [1.29, 1.82) is 0 Å². The molecule has 0 aromatic heterocycles. The third kappa shape index (κ3) is 2.08. The molecule has 0 rings (SSSR count). The Morgan fingerprint density at radius 2 is 2.10 bits per heavy atom. The van der Waals surface area contributed by atoms with E-state index in [1.54, 1.807) is 14.2 Å². The summed E-state index contributed by atoms with van der Waals surface area (Å²) in [4.78, 5) is 10.4. The van der Waals surface area contributed by atoms with E-state index in [2.05, 4.69) is 5.32 Å². The Hall–Kier alpha value is -0.410. The topological polar surface area (TPSA) is 38.3 Å². The number of methoxy groups -OCH3 is 1. The summed E-state index contributed by atoms with van der Waals surface area (Å²) in [6.07, 6.45) is 0.851. The summed E-state index contributed by atoms with van der Waals surface area (Å²) in [6, 6.07) is -0.238. The molecule has 10 heavy (non-hydrogen) atoms. The Morgan fingerprint density at radius 3 is 2.20 bits per heavy atom. The van der Waals surface area contributed by atoms with Gasteiger partial charge in [-0.3, -0.25) is 0 Å². The summed E-state index contributed by atoms with van der Waals surface area (Å²) in [5, 5.41) is 2.85. The van der Waals surface area contributed by atoms with Gasteiger partial charge in [0.2, 0.25) is 0 Å². The zero-order valence-corrected chi connectivity index (χ0v) is 6.97. The van der Waals surface area contributed by atoms with Crippen molar-refractivity contribution in [2.45, 2.75) is 25.5 Å². The summed E-state index contributed by atoms with van der Waals surface area (Å²) < 4.78 is 5.09. The minimum Gasteiger partial charge on any atom is -0.377 e. The molecule has 1 N–H and O–H groups in total. The van der Waals surface area contributed by atoms with Crippen molar-refractivity contribution in [3.63, 3.8) is 0 Å². The maximum absolute atomic E-state index is 10.4. The van der Waals surface area contributed by atoms with Crippen molar-refractivity contribution in [2.75, 3.05) is 14.2 Å². The number of hydrogen-bond donors (Lipinski definition) is 1. The van der Waals surface area contributed by atoms with Crippen LogP contribution in [0.5, 0.6) is 0 Å². The Morgan fingerprint density at radius 1 is 1.60 bits per heavy atom. The molecule has 0 aliphatic carbocycles. The van der Waals surface area contributed by atoms with Crippen LogP contribution in [-0.2, 0) is 9.53 Å². The van der Waals surface area contributed by atoms with Crippen molar-refractivity contribution in [1.82, 2.24) is 5.32 Å². The summed E-state index contributed by atoms with van der Waals surface area (Å²) in [6.45, 7) is 3.73. The van der Waals surface area contributed by atoms with Crippen LogP contribution in [0.2, 0.25) is 0 Å². The molecule has 0 aromatic carbocycles. The normalized spacial score (nSPS) is 14.8. The maximum atomic E-state index is 10.4. The molecule has 0 aliphatic heterocycles. The Balaban J connectivity index is 4.10. The van der Waals surface area contributed by atoms with Gasteiger partial charge in [-0.2, -0.15) is 0 Å². The number of carbonyl (C=O) groups is 1.